The molecule has 2 atom stereocenters. The Labute approximate surface area is 120 Å². The number of aromatic nitrogens is 2. The molecule has 1 aromatic rings. The Hall–Kier alpha value is -0.720. The predicted octanol–water partition coefficient (Wildman–Crippen LogP) is 1.88. The summed E-state index contributed by atoms with van der Waals surface area (Å²) in [6.45, 7) is 10.9. The van der Waals surface area contributed by atoms with Gasteiger partial charge >= 0.3 is 0 Å². The molecule has 1 aliphatic rings. The molecule has 108 valence electrons. The van der Waals surface area contributed by atoms with Gasteiger partial charge in [-0.2, -0.15) is 0 Å². The first-order valence-corrected chi connectivity index (χ1v) is 7.88. The minimum atomic E-state index is 0.599. The van der Waals surface area contributed by atoms with Gasteiger partial charge in [0.05, 0.1) is 0 Å². The lowest BCUT2D eigenvalue weighted by molar-refractivity contribution is 0.0550. The van der Waals surface area contributed by atoms with Crippen LogP contribution >= 0.6 is 11.5 Å². The molecular weight excluding hydrogens is 258 g/mol. The Morgan fingerprint density at radius 3 is 2.63 bits per heavy atom. The molecule has 2 rings (SSSR count). The number of piperazine rings is 1. The molecular formula is C13H25N5S. The van der Waals surface area contributed by atoms with Crippen LogP contribution in [0, 0.1) is 0 Å². The van der Waals surface area contributed by atoms with Crippen LogP contribution in [0.3, 0.4) is 0 Å². The first-order chi connectivity index (χ1) is 9.11. The molecule has 19 heavy (non-hydrogen) atoms. The normalized spacial score (nSPS) is 25.7. The van der Waals surface area contributed by atoms with Gasteiger partial charge in [0.2, 0.25) is 0 Å². The molecule has 0 radical (unpaired) electrons. The fourth-order valence-electron chi connectivity index (χ4n) is 2.54. The number of nitrogens with zero attached hydrogens (tertiary/aromatic N) is 4. The second-order valence-corrected chi connectivity index (χ2v) is 6.29. The van der Waals surface area contributed by atoms with Crippen LogP contribution in [-0.2, 0) is 6.54 Å². The lowest BCUT2D eigenvalue weighted by Gasteiger charge is -2.42. The quantitative estimate of drug-likeness (QED) is 0.894. The van der Waals surface area contributed by atoms with Crippen molar-refractivity contribution in [3.8, 4) is 0 Å². The summed E-state index contributed by atoms with van der Waals surface area (Å²) in [4.78, 5) is 4.94. The number of likely N-dealkylation sites (N-methyl/N-ethyl adjacent to an activating group) is 1. The SMILES string of the molecule is CCCNc1snnc1CN1CC(C)N(C)C(C)C1. The molecule has 1 fully saturated rings. The van der Waals surface area contributed by atoms with Crippen LogP contribution in [0.2, 0.25) is 0 Å². The van der Waals surface area contributed by atoms with Gasteiger partial charge in [0.1, 0.15) is 10.7 Å². The lowest BCUT2D eigenvalue weighted by Crippen LogP contribution is -2.54. The minimum Gasteiger partial charge on any atom is -0.374 e. The average molecular weight is 283 g/mol. The van der Waals surface area contributed by atoms with Crippen molar-refractivity contribution in [1.29, 1.82) is 0 Å². The van der Waals surface area contributed by atoms with Gasteiger partial charge < -0.3 is 5.32 Å². The van der Waals surface area contributed by atoms with Gasteiger partial charge in [-0.1, -0.05) is 11.4 Å². The summed E-state index contributed by atoms with van der Waals surface area (Å²) in [5.41, 5.74) is 1.10. The molecule has 5 nitrogen and oxygen atoms in total. The summed E-state index contributed by atoms with van der Waals surface area (Å²) in [5.74, 6) is 0. The molecule has 2 unspecified atom stereocenters. The molecule has 0 bridgehead atoms. The van der Waals surface area contributed by atoms with Crippen molar-refractivity contribution in [2.24, 2.45) is 0 Å². The second-order valence-electron chi connectivity index (χ2n) is 5.53. The molecule has 1 aliphatic heterocycles. The highest BCUT2D eigenvalue weighted by molar-refractivity contribution is 7.10. The first kappa shape index (κ1) is 14.7. The maximum absolute atomic E-state index is 4.28. The van der Waals surface area contributed by atoms with Crippen molar-refractivity contribution in [3.05, 3.63) is 5.69 Å². The fourth-order valence-corrected chi connectivity index (χ4v) is 3.14. The zero-order valence-corrected chi connectivity index (χ0v) is 13.2. The Balaban J connectivity index is 1.95. The molecule has 0 spiro atoms. The number of nitrogens with one attached hydrogen (secondary N) is 1. The Morgan fingerprint density at radius 1 is 1.32 bits per heavy atom. The molecule has 0 aromatic carbocycles. The van der Waals surface area contributed by atoms with Gasteiger partial charge in [-0.3, -0.25) is 9.80 Å². The molecule has 0 aliphatic carbocycles. The van der Waals surface area contributed by atoms with Gasteiger partial charge in [0.15, 0.2) is 0 Å². The predicted molar refractivity (Wildman–Crippen MR) is 80.7 cm³/mol. The third-order valence-electron chi connectivity index (χ3n) is 3.90. The van der Waals surface area contributed by atoms with E-state index in [0.717, 1.165) is 43.3 Å². The monoisotopic (exact) mass is 283 g/mol. The smallest absolute Gasteiger partial charge is 0.134 e. The van der Waals surface area contributed by atoms with E-state index < -0.39 is 0 Å². The summed E-state index contributed by atoms with van der Waals surface area (Å²) in [5, 5.41) is 8.84. The highest BCUT2D eigenvalue weighted by Crippen LogP contribution is 2.22. The van der Waals surface area contributed by atoms with Crippen LogP contribution in [0.25, 0.3) is 0 Å². The van der Waals surface area contributed by atoms with Gasteiger partial charge in [0, 0.05) is 49.8 Å². The zero-order chi connectivity index (χ0) is 13.8. The molecule has 0 amide bonds. The van der Waals surface area contributed by atoms with Crippen molar-refractivity contribution in [2.45, 2.75) is 45.8 Å². The van der Waals surface area contributed by atoms with Gasteiger partial charge in [-0.25, -0.2) is 0 Å². The Kier molecular flexibility index (Phi) is 5.13. The van der Waals surface area contributed by atoms with E-state index in [9.17, 15) is 0 Å². The molecule has 2 heterocycles. The maximum Gasteiger partial charge on any atom is 0.134 e. The summed E-state index contributed by atoms with van der Waals surface area (Å²) in [6.07, 6.45) is 1.12. The lowest BCUT2D eigenvalue weighted by atomic mass is 10.1. The van der Waals surface area contributed by atoms with E-state index in [1.54, 1.807) is 0 Å². The second kappa shape index (κ2) is 6.63. The molecule has 1 N–H and O–H groups in total. The van der Waals surface area contributed by atoms with E-state index in [2.05, 4.69) is 52.5 Å². The van der Waals surface area contributed by atoms with Crippen LogP contribution in [0.15, 0.2) is 0 Å². The number of anilines is 1. The van der Waals surface area contributed by atoms with Crippen molar-refractivity contribution in [2.75, 3.05) is 32.0 Å². The van der Waals surface area contributed by atoms with Crippen molar-refractivity contribution < 1.29 is 0 Å². The van der Waals surface area contributed by atoms with Crippen LogP contribution < -0.4 is 5.32 Å². The van der Waals surface area contributed by atoms with Crippen LogP contribution in [-0.4, -0.2) is 58.2 Å². The zero-order valence-electron chi connectivity index (χ0n) is 12.4. The van der Waals surface area contributed by atoms with E-state index in [0.29, 0.717) is 12.1 Å². The van der Waals surface area contributed by atoms with Crippen molar-refractivity contribution in [3.63, 3.8) is 0 Å². The van der Waals surface area contributed by atoms with E-state index in [-0.39, 0.29) is 0 Å². The minimum absolute atomic E-state index is 0.599. The maximum atomic E-state index is 4.28. The van der Waals surface area contributed by atoms with Gasteiger partial charge in [-0.15, -0.1) is 5.10 Å². The topological polar surface area (TPSA) is 44.3 Å². The third kappa shape index (κ3) is 3.64. The molecule has 6 heteroatoms. The number of rotatable bonds is 5. The first-order valence-electron chi connectivity index (χ1n) is 7.11. The van der Waals surface area contributed by atoms with Gasteiger partial charge in [0.25, 0.3) is 0 Å². The number of hydrogen-bond acceptors (Lipinski definition) is 6. The largest absolute Gasteiger partial charge is 0.374 e. The van der Waals surface area contributed by atoms with Crippen LogP contribution in [0.1, 0.15) is 32.9 Å². The number of hydrogen-bond donors (Lipinski definition) is 1. The van der Waals surface area contributed by atoms with E-state index in [1.165, 1.54) is 11.5 Å². The van der Waals surface area contributed by atoms with Gasteiger partial charge in [-0.05, 0) is 27.3 Å². The standard InChI is InChI=1S/C13H25N5S/c1-5-6-14-13-12(15-16-19-13)9-18-7-10(2)17(4)11(3)8-18/h10-11,14H,5-9H2,1-4H3. The summed E-state index contributed by atoms with van der Waals surface area (Å²) in [7, 11) is 2.21. The average Bonchev–Trinajstić information content (AvgIpc) is 2.80. The fraction of sp³-hybridized carbons (Fsp3) is 0.846. The Morgan fingerprint density at radius 2 is 2.00 bits per heavy atom. The molecule has 1 aromatic heterocycles. The summed E-state index contributed by atoms with van der Waals surface area (Å²) in [6, 6.07) is 1.20. The highest BCUT2D eigenvalue weighted by atomic mass is 32.1. The van der Waals surface area contributed by atoms with Crippen molar-refractivity contribution in [1.82, 2.24) is 19.4 Å². The highest BCUT2D eigenvalue weighted by Gasteiger charge is 2.27. The molecule has 0 saturated carbocycles. The van der Waals surface area contributed by atoms with E-state index in [1.807, 2.05) is 0 Å². The van der Waals surface area contributed by atoms with Crippen molar-refractivity contribution >= 4 is 16.5 Å². The van der Waals surface area contributed by atoms with E-state index >= 15 is 0 Å². The van der Waals surface area contributed by atoms with Crippen LogP contribution in [0.4, 0.5) is 5.00 Å². The summed E-state index contributed by atoms with van der Waals surface area (Å²) < 4.78 is 4.09. The molecule has 1 saturated heterocycles. The van der Waals surface area contributed by atoms with E-state index in [4.69, 9.17) is 0 Å². The third-order valence-corrected chi connectivity index (χ3v) is 4.63. The Bertz CT molecular complexity index is 382. The summed E-state index contributed by atoms with van der Waals surface area (Å²) >= 11 is 1.47. The van der Waals surface area contributed by atoms with Crippen LogP contribution in [0.5, 0.6) is 0 Å².